The van der Waals surface area contributed by atoms with Gasteiger partial charge in [0.05, 0.1) is 4.90 Å². The number of nitrogens with zero attached hydrogens (tertiary/aromatic N) is 2. The predicted molar refractivity (Wildman–Crippen MR) is 125 cm³/mol. The third kappa shape index (κ3) is 4.63. The van der Waals surface area contributed by atoms with Gasteiger partial charge in [-0.2, -0.15) is 4.31 Å². The molecule has 0 unspecified atom stereocenters. The molecule has 2 aromatic rings. The topological polar surface area (TPSA) is 52.7 Å². The van der Waals surface area contributed by atoms with E-state index in [4.69, 9.17) is 12.2 Å². The van der Waals surface area contributed by atoms with Gasteiger partial charge in [0.2, 0.25) is 15.8 Å². The maximum Gasteiger partial charge on any atom is 0.243 e. The van der Waals surface area contributed by atoms with Crippen LogP contribution in [0.25, 0.3) is 0 Å². The Balaban J connectivity index is 1.44. The second kappa shape index (κ2) is 9.29. The zero-order valence-electron chi connectivity index (χ0n) is 19.1. The summed E-state index contributed by atoms with van der Waals surface area (Å²) in [6.45, 7) is 4.99. The molecule has 0 amide bonds. The van der Waals surface area contributed by atoms with E-state index in [0.717, 1.165) is 5.56 Å². The summed E-state index contributed by atoms with van der Waals surface area (Å²) in [5.41, 5.74) is 0.0636. The summed E-state index contributed by atoms with van der Waals surface area (Å²) in [6, 6.07) is 5.30. The van der Waals surface area contributed by atoms with Crippen molar-refractivity contribution in [3.63, 3.8) is 0 Å². The van der Waals surface area contributed by atoms with Crippen molar-refractivity contribution in [3.05, 3.63) is 58.4 Å². The van der Waals surface area contributed by atoms with E-state index >= 15 is 0 Å². The molecule has 2 heterocycles. The number of aryl methyl sites for hydroxylation is 2. The van der Waals surface area contributed by atoms with E-state index in [0.29, 0.717) is 51.0 Å². The van der Waals surface area contributed by atoms with Crippen molar-refractivity contribution in [1.82, 2.24) is 9.21 Å². The number of piperidine rings is 1. The molecule has 12 heteroatoms. The van der Waals surface area contributed by atoms with Crippen LogP contribution in [0.3, 0.4) is 0 Å². The predicted octanol–water partition coefficient (Wildman–Crippen LogP) is 4.87. The normalized spacial score (nSPS) is 18.3. The summed E-state index contributed by atoms with van der Waals surface area (Å²) < 4.78 is 96.2. The Morgan fingerprint density at radius 2 is 1.46 bits per heavy atom. The van der Waals surface area contributed by atoms with Gasteiger partial charge in [-0.15, -0.1) is 0 Å². The second-order valence-electron chi connectivity index (χ2n) is 9.22. The average molecular weight is 534 g/mol. The Bertz CT molecular complexity index is 1270. The SMILES string of the molecule is Cc1ccc(C)c(S(=O)(=O)N2CCC3(CCN(C(=S)Nc4c(F)c(F)c(F)c(F)c4F)C3)CC2)c1. The van der Waals surface area contributed by atoms with E-state index in [2.05, 4.69) is 5.32 Å². The van der Waals surface area contributed by atoms with Crippen molar-refractivity contribution in [2.45, 2.75) is 38.0 Å². The molecule has 5 nitrogen and oxygen atoms in total. The number of hydrogen-bond donors (Lipinski definition) is 1. The molecular formula is C23H24F5N3O2S2. The van der Waals surface area contributed by atoms with Gasteiger partial charge in [-0.25, -0.2) is 30.4 Å². The maximum atomic E-state index is 14.0. The Kier molecular flexibility index (Phi) is 6.84. The molecule has 0 atom stereocenters. The first-order valence-electron chi connectivity index (χ1n) is 11.0. The quantitative estimate of drug-likeness (QED) is 0.264. The fraction of sp³-hybridized carbons (Fsp3) is 0.435. The molecule has 0 radical (unpaired) electrons. The minimum atomic E-state index is -3.66. The van der Waals surface area contributed by atoms with E-state index in [1.807, 2.05) is 13.0 Å². The first-order chi connectivity index (χ1) is 16.4. The minimum absolute atomic E-state index is 0.157. The summed E-state index contributed by atoms with van der Waals surface area (Å²) in [4.78, 5) is 1.90. The molecule has 190 valence electrons. The fourth-order valence-electron chi connectivity index (χ4n) is 4.74. The number of rotatable bonds is 3. The summed E-state index contributed by atoms with van der Waals surface area (Å²) in [5, 5.41) is 2.01. The van der Waals surface area contributed by atoms with Crippen LogP contribution in [0.1, 0.15) is 30.4 Å². The number of nitrogens with one attached hydrogen (secondary N) is 1. The first kappa shape index (κ1) is 25.8. The first-order valence-corrected chi connectivity index (χ1v) is 12.9. The van der Waals surface area contributed by atoms with Gasteiger partial charge in [0.15, 0.2) is 28.4 Å². The summed E-state index contributed by atoms with van der Waals surface area (Å²) in [7, 11) is -3.66. The van der Waals surface area contributed by atoms with Crippen LogP contribution in [0.5, 0.6) is 0 Å². The van der Waals surface area contributed by atoms with Gasteiger partial charge in [-0.3, -0.25) is 0 Å². The van der Waals surface area contributed by atoms with Crippen LogP contribution in [0.15, 0.2) is 23.1 Å². The van der Waals surface area contributed by atoms with Crippen LogP contribution in [0.2, 0.25) is 0 Å². The van der Waals surface area contributed by atoms with Crippen LogP contribution in [0, 0.1) is 48.3 Å². The van der Waals surface area contributed by atoms with Crippen LogP contribution in [0.4, 0.5) is 27.6 Å². The fourth-order valence-corrected chi connectivity index (χ4v) is 6.75. The largest absolute Gasteiger partial charge is 0.348 e. The molecule has 0 aliphatic carbocycles. The highest BCUT2D eigenvalue weighted by atomic mass is 32.2. The van der Waals surface area contributed by atoms with Crippen LogP contribution in [-0.4, -0.2) is 48.9 Å². The molecule has 2 fully saturated rings. The van der Waals surface area contributed by atoms with Gasteiger partial charge in [0, 0.05) is 26.2 Å². The molecule has 1 N–H and O–H groups in total. The number of benzene rings is 2. The number of sulfonamides is 1. The van der Waals surface area contributed by atoms with Crippen LogP contribution < -0.4 is 5.32 Å². The summed E-state index contributed by atoms with van der Waals surface area (Å²) in [6.07, 6.45) is 1.76. The lowest BCUT2D eigenvalue weighted by Gasteiger charge is -2.39. The zero-order valence-corrected chi connectivity index (χ0v) is 20.7. The van der Waals surface area contributed by atoms with E-state index in [1.165, 1.54) is 4.31 Å². The highest BCUT2D eigenvalue weighted by Crippen LogP contribution is 2.42. The molecule has 2 aromatic carbocycles. The Morgan fingerprint density at radius 1 is 0.914 bits per heavy atom. The van der Waals surface area contributed by atoms with Gasteiger partial charge < -0.3 is 10.2 Å². The van der Waals surface area contributed by atoms with Gasteiger partial charge in [-0.1, -0.05) is 12.1 Å². The van der Waals surface area contributed by atoms with E-state index in [9.17, 15) is 30.4 Å². The minimum Gasteiger partial charge on any atom is -0.348 e. The van der Waals surface area contributed by atoms with Gasteiger partial charge in [-0.05, 0) is 67.9 Å². The van der Waals surface area contributed by atoms with E-state index < -0.39 is 44.8 Å². The molecule has 0 aromatic heterocycles. The maximum absolute atomic E-state index is 14.0. The number of likely N-dealkylation sites (tertiary alicyclic amines) is 1. The highest BCUT2D eigenvalue weighted by Gasteiger charge is 2.44. The van der Waals surface area contributed by atoms with Crippen molar-refractivity contribution in [2.24, 2.45) is 5.41 Å². The molecule has 35 heavy (non-hydrogen) atoms. The molecular weight excluding hydrogens is 509 g/mol. The Morgan fingerprint density at radius 3 is 2.06 bits per heavy atom. The van der Waals surface area contributed by atoms with Crippen molar-refractivity contribution in [3.8, 4) is 0 Å². The van der Waals surface area contributed by atoms with E-state index in [1.54, 1.807) is 24.0 Å². The lowest BCUT2D eigenvalue weighted by molar-refractivity contribution is 0.167. The van der Waals surface area contributed by atoms with Crippen LogP contribution >= 0.6 is 12.2 Å². The van der Waals surface area contributed by atoms with Gasteiger partial charge >= 0.3 is 0 Å². The number of halogens is 5. The smallest absolute Gasteiger partial charge is 0.243 e. The third-order valence-corrected chi connectivity index (χ3v) is 9.31. The summed E-state index contributed by atoms with van der Waals surface area (Å²) >= 11 is 5.20. The van der Waals surface area contributed by atoms with Crippen molar-refractivity contribution in [2.75, 3.05) is 31.5 Å². The Labute approximate surface area is 206 Å². The molecule has 2 aliphatic heterocycles. The number of thiocarbonyl (C=S) groups is 1. The average Bonchev–Trinajstić information content (AvgIpc) is 3.24. The molecule has 1 spiro atoms. The molecule has 2 saturated heterocycles. The molecule has 0 saturated carbocycles. The third-order valence-electron chi connectivity index (χ3n) is 6.91. The van der Waals surface area contributed by atoms with Gasteiger partial charge in [0.1, 0.15) is 5.69 Å². The number of hydrogen-bond acceptors (Lipinski definition) is 3. The van der Waals surface area contributed by atoms with Crippen molar-refractivity contribution in [1.29, 1.82) is 0 Å². The van der Waals surface area contributed by atoms with Crippen LogP contribution in [-0.2, 0) is 10.0 Å². The lowest BCUT2D eigenvalue weighted by atomic mass is 9.78. The van der Waals surface area contributed by atoms with Gasteiger partial charge in [0.25, 0.3) is 0 Å². The standard InChI is InChI=1S/C23H24F5N3O2S2/c1-13-3-4-14(2)15(11-13)35(32,33)31-9-6-23(7-10-31)5-8-30(12-23)22(34)29-21-19(27)17(25)16(24)18(26)20(21)28/h3-4,11H,5-10,12H2,1-2H3,(H,29,34). The second-order valence-corrected chi connectivity index (χ2v) is 11.5. The molecule has 2 aliphatic rings. The van der Waals surface area contributed by atoms with Crippen molar-refractivity contribution >= 4 is 33.0 Å². The Hall–Kier alpha value is -2.31. The number of anilines is 1. The molecule has 0 bridgehead atoms. The summed E-state index contributed by atoms with van der Waals surface area (Å²) in [5.74, 6) is -10.3. The zero-order chi connectivity index (χ0) is 25.7. The van der Waals surface area contributed by atoms with Crippen molar-refractivity contribution < 1.29 is 30.4 Å². The monoisotopic (exact) mass is 533 g/mol. The van der Waals surface area contributed by atoms with E-state index in [-0.39, 0.29) is 15.4 Å². The highest BCUT2D eigenvalue weighted by molar-refractivity contribution is 7.89. The molecule has 4 rings (SSSR count). The lowest BCUT2D eigenvalue weighted by Crippen LogP contribution is -2.45.